The maximum absolute atomic E-state index is 12.0. The lowest BCUT2D eigenvalue weighted by molar-refractivity contribution is 0.0848. The highest BCUT2D eigenvalue weighted by atomic mass is 32.1. The Balaban J connectivity index is 2.02. The number of hydrogen-bond donors (Lipinski definition) is 3. The first kappa shape index (κ1) is 15.4. The van der Waals surface area contributed by atoms with Gasteiger partial charge in [0.1, 0.15) is 4.64 Å². The minimum Gasteiger partial charge on any atom is -0.352 e. The average molecular weight is 321 g/mol. The van der Waals surface area contributed by atoms with E-state index in [-0.39, 0.29) is 5.91 Å². The van der Waals surface area contributed by atoms with Gasteiger partial charge in [-0.25, -0.2) is 0 Å². The van der Waals surface area contributed by atoms with E-state index < -0.39 is 5.91 Å². The van der Waals surface area contributed by atoms with Crippen LogP contribution < -0.4 is 10.9 Å². The highest BCUT2D eigenvalue weighted by Gasteiger charge is 2.13. The third kappa shape index (κ3) is 3.56. The van der Waals surface area contributed by atoms with Crippen LogP contribution >= 0.6 is 23.6 Å². The third-order valence-corrected chi connectivity index (χ3v) is 4.64. The molecule has 110 valence electrons. The molecule has 0 atom stereocenters. The van der Waals surface area contributed by atoms with E-state index >= 15 is 0 Å². The van der Waals surface area contributed by atoms with Gasteiger partial charge in [-0.3, -0.25) is 20.4 Å². The molecule has 2 amide bonds. The van der Waals surface area contributed by atoms with Crippen molar-refractivity contribution >= 4 is 35.4 Å². The fourth-order valence-corrected chi connectivity index (χ4v) is 3.06. The third-order valence-electron chi connectivity index (χ3n) is 2.92. The summed E-state index contributed by atoms with van der Waals surface area (Å²) in [5, 5.41) is 0. The fraction of sp³-hybridized carbons (Fsp3) is 0.214. The predicted octanol–water partition coefficient (Wildman–Crippen LogP) is 2.75. The van der Waals surface area contributed by atoms with Crippen LogP contribution in [0.4, 0.5) is 0 Å². The van der Waals surface area contributed by atoms with E-state index in [1.165, 1.54) is 11.3 Å². The van der Waals surface area contributed by atoms with E-state index in [0.29, 0.717) is 15.1 Å². The summed E-state index contributed by atoms with van der Waals surface area (Å²) in [7, 11) is 0. The highest BCUT2D eigenvalue weighted by molar-refractivity contribution is 7.71. The lowest BCUT2D eigenvalue weighted by Gasteiger charge is -2.06. The van der Waals surface area contributed by atoms with Crippen molar-refractivity contribution in [3.63, 3.8) is 0 Å². The van der Waals surface area contributed by atoms with Crippen molar-refractivity contribution in [2.45, 2.75) is 20.3 Å². The zero-order chi connectivity index (χ0) is 15.4. The number of pyridine rings is 1. The summed E-state index contributed by atoms with van der Waals surface area (Å²) in [6.45, 7) is 4.01. The molecule has 0 aliphatic rings. The molecule has 0 fully saturated rings. The standard InChI is InChI=1S/C14H15N3O2S2/c1-3-10-8(2)7-11(21-10)13(19)17-16-12(18)9-5-4-6-15-14(9)20/h4-7H,3H2,1-2H3,(H,15,20)(H,16,18)(H,17,19). The smallest absolute Gasteiger partial charge is 0.279 e. The van der Waals surface area contributed by atoms with Crippen LogP contribution in [0, 0.1) is 11.6 Å². The Labute approximate surface area is 131 Å². The number of thiophene rings is 1. The number of amides is 2. The van der Waals surface area contributed by atoms with Crippen LogP contribution in [0.3, 0.4) is 0 Å². The van der Waals surface area contributed by atoms with Gasteiger partial charge in [-0.1, -0.05) is 19.1 Å². The Kier molecular flexibility index (Phi) is 4.87. The van der Waals surface area contributed by atoms with Gasteiger partial charge in [0, 0.05) is 11.1 Å². The summed E-state index contributed by atoms with van der Waals surface area (Å²) in [4.78, 5) is 28.4. The number of carbonyl (C=O) groups is 2. The lowest BCUT2D eigenvalue weighted by Crippen LogP contribution is -2.41. The van der Waals surface area contributed by atoms with Gasteiger partial charge in [-0.15, -0.1) is 11.3 Å². The molecule has 0 aliphatic heterocycles. The molecule has 7 heteroatoms. The number of aryl methyl sites for hydroxylation is 2. The molecule has 2 rings (SSSR count). The summed E-state index contributed by atoms with van der Waals surface area (Å²) in [6.07, 6.45) is 2.52. The summed E-state index contributed by atoms with van der Waals surface area (Å²) in [6, 6.07) is 5.08. The molecule has 0 aliphatic carbocycles. The van der Waals surface area contributed by atoms with Gasteiger partial charge >= 0.3 is 0 Å². The average Bonchev–Trinajstić information content (AvgIpc) is 2.86. The number of nitrogens with one attached hydrogen (secondary N) is 3. The summed E-state index contributed by atoms with van der Waals surface area (Å²) < 4.78 is 0.324. The van der Waals surface area contributed by atoms with E-state index in [4.69, 9.17) is 12.2 Å². The van der Waals surface area contributed by atoms with Crippen LogP contribution in [0.15, 0.2) is 24.4 Å². The molecular weight excluding hydrogens is 306 g/mol. The monoisotopic (exact) mass is 321 g/mol. The van der Waals surface area contributed by atoms with Crippen LogP contribution in [0.1, 0.15) is 37.4 Å². The molecule has 3 N–H and O–H groups in total. The van der Waals surface area contributed by atoms with Crippen LogP contribution in [0.5, 0.6) is 0 Å². The molecule has 0 bridgehead atoms. The maximum atomic E-state index is 12.0. The number of aromatic amines is 1. The van der Waals surface area contributed by atoms with E-state index in [1.807, 2.05) is 19.9 Å². The number of H-pyrrole nitrogens is 1. The quantitative estimate of drug-likeness (QED) is 0.601. The summed E-state index contributed by atoms with van der Waals surface area (Å²) in [5.41, 5.74) is 6.16. The zero-order valence-corrected chi connectivity index (χ0v) is 13.3. The molecular formula is C14H15N3O2S2. The van der Waals surface area contributed by atoms with Crippen LogP contribution in [0.25, 0.3) is 0 Å². The minimum absolute atomic E-state index is 0.310. The Morgan fingerprint density at radius 2 is 2.05 bits per heavy atom. The maximum Gasteiger partial charge on any atom is 0.279 e. The van der Waals surface area contributed by atoms with E-state index in [1.54, 1.807) is 18.3 Å². The van der Waals surface area contributed by atoms with Crippen molar-refractivity contribution in [2.75, 3.05) is 0 Å². The molecule has 0 spiro atoms. The van der Waals surface area contributed by atoms with Gasteiger partial charge in [0.25, 0.3) is 11.8 Å². The first-order chi connectivity index (χ1) is 10.0. The van der Waals surface area contributed by atoms with Gasteiger partial charge in [0.15, 0.2) is 0 Å². The Bertz CT molecular complexity index is 734. The molecule has 2 heterocycles. The molecule has 0 radical (unpaired) electrons. The predicted molar refractivity (Wildman–Crippen MR) is 85.0 cm³/mol. The minimum atomic E-state index is -0.450. The highest BCUT2D eigenvalue weighted by Crippen LogP contribution is 2.21. The van der Waals surface area contributed by atoms with Crippen molar-refractivity contribution < 1.29 is 9.59 Å². The Morgan fingerprint density at radius 3 is 2.67 bits per heavy atom. The van der Waals surface area contributed by atoms with Crippen molar-refractivity contribution in [2.24, 2.45) is 0 Å². The Hall–Kier alpha value is -1.99. The van der Waals surface area contributed by atoms with Gasteiger partial charge in [-0.2, -0.15) is 0 Å². The summed E-state index contributed by atoms with van der Waals surface area (Å²) in [5.74, 6) is -0.781. The van der Waals surface area contributed by atoms with Crippen LogP contribution in [0.2, 0.25) is 0 Å². The van der Waals surface area contributed by atoms with Crippen LogP contribution in [-0.4, -0.2) is 16.8 Å². The molecule has 5 nitrogen and oxygen atoms in total. The second-order valence-electron chi connectivity index (χ2n) is 4.39. The topological polar surface area (TPSA) is 74.0 Å². The van der Waals surface area contributed by atoms with E-state index in [9.17, 15) is 9.59 Å². The van der Waals surface area contributed by atoms with Gasteiger partial charge in [0.2, 0.25) is 0 Å². The van der Waals surface area contributed by atoms with Crippen molar-refractivity contribution in [1.82, 2.24) is 15.8 Å². The first-order valence-corrected chi connectivity index (χ1v) is 7.63. The molecule has 0 unspecified atom stereocenters. The second-order valence-corrected chi connectivity index (χ2v) is 5.94. The fourth-order valence-electron chi connectivity index (χ4n) is 1.83. The number of hydrogen-bond acceptors (Lipinski definition) is 4. The SMILES string of the molecule is CCc1sc(C(=O)NNC(=O)c2ccc[nH]c2=S)cc1C. The van der Waals surface area contributed by atoms with Gasteiger partial charge < -0.3 is 4.98 Å². The number of rotatable bonds is 3. The van der Waals surface area contributed by atoms with Crippen LogP contribution in [-0.2, 0) is 6.42 Å². The normalized spacial score (nSPS) is 10.2. The zero-order valence-electron chi connectivity index (χ0n) is 11.6. The van der Waals surface area contributed by atoms with Crippen molar-refractivity contribution in [3.8, 4) is 0 Å². The molecule has 0 saturated heterocycles. The molecule has 0 aromatic carbocycles. The summed E-state index contributed by atoms with van der Waals surface area (Å²) >= 11 is 6.44. The Morgan fingerprint density at radius 1 is 1.33 bits per heavy atom. The van der Waals surface area contributed by atoms with E-state index in [2.05, 4.69) is 15.8 Å². The van der Waals surface area contributed by atoms with Crippen molar-refractivity contribution in [1.29, 1.82) is 0 Å². The second kappa shape index (κ2) is 6.64. The lowest BCUT2D eigenvalue weighted by atomic mass is 10.2. The molecule has 21 heavy (non-hydrogen) atoms. The van der Waals surface area contributed by atoms with E-state index in [0.717, 1.165) is 16.9 Å². The van der Waals surface area contributed by atoms with Crippen molar-refractivity contribution in [3.05, 3.63) is 49.9 Å². The van der Waals surface area contributed by atoms with Gasteiger partial charge in [-0.05, 0) is 37.1 Å². The molecule has 2 aromatic heterocycles. The number of hydrazine groups is 1. The molecule has 0 saturated carbocycles. The largest absolute Gasteiger partial charge is 0.352 e. The number of carbonyl (C=O) groups excluding carboxylic acids is 2. The molecule has 2 aromatic rings. The first-order valence-electron chi connectivity index (χ1n) is 6.40. The van der Waals surface area contributed by atoms with Gasteiger partial charge in [0.05, 0.1) is 10.4 Å². The number of aromatic nitrogens is 1.